The quantitative estimate of drug-likeness (QED) is 0.344. The number of hydrogen-bond acceptors (Lipinski definition) is 5. The van der Waals surface area contributed by atoms with Crippen LogP contribution in [0.2, 0.25) is 0 Å². The van der Waals surface area contributed by atoms with Gasteiger partial charge in [0.15, 0.2) is 0 Å². The number of esters is 1. The van der Waals surface area contributed by atoms with E-state index in [4.69, 9.17) is 9.47 Å². The number of ketones is 1. The molecule has 0 bridgehead atoms. The highest BCUT2D eigenvalue weighted by Gasteiger charge is 2.08. The molecule has 0 atom stereocenters. The zero-order chi connectivity index (χ0) is 15.0. The molecule has 0 amide bonds. The van der Waals surface area contributed by atoms with Gasteiger partial charge in [0.1, 0.15) is 11.5 Å². The summed E-state index contributed by atoms with van der Waals surface area (Å²) in [5.74, 6) is -0.238. The van der Waals surface area contributed by atoms with Crippen molar-refractivity contribution in [1.29, 1.82) is 0 Å². The Bertz CT molecular complexity index is 543. The van der Waals surface area contributed by atoms with Crippen LogP contribution in [0.25, 0.3) is 6.08 Å². The van der Waals surface area contributed by atoms with Crippen molar-refractivity contribution >= 4 is 17.8 Å². The third-order valence-electron chi connectivity index (χ3n) is 2.46. The Morgan fingerprint density at radius 3 is 2.40 bits per heavy atom. The Morgan fingerprint density at radius 2 is 1.80 bits per heavy atom. The molecule has 0 aliphatic carbocycles. The van der Waals surface area contributed by atoms with E-state index in [1.807, 2.05) is 0 Å². The molecule has 5 heteroatoms. The van der Waals surface area contributed by atoms with Gasteiger partial charge in [-0.15, -0.1) is 0 Å². The zero-order valence-electron chi connectivity index (χ0n) is 11.6. The molecule has 0 spiro atoms. The Hall–Kier alpha value is -2.56. The van der Waals surface area contributed by atoms with Crippen molar-refractivity contribution in [1.82, 2.24) is 0 Å². The number of hydrogen-bond donors (Lipinski definition) is 0. The maximum Gasteiger partial charge on any atom is 0.378 e. The van der Waals surface area contributed by atoms with Crippen LogP contribution in [0.4, 0.5) is 0 Å². The lowest BCUT2D eigenvalue weighted by Crippen LogP contribution is -2.11. The van der Waals surface area contributed by atoms with Gasteiger partial charge in [0.2, 0.25) is 0 Å². The number of allylic oxidation sites excluding steroid dienone is 2. The van der Waals surface area contributed by atoms with E-state index in [1.54, 1.807) is 44.6 Å². The van der Waals surface area contributed by atoms with Crippen LogP contribution in [0.3, 0.4) is 0 Å². The molecule has 0 unspecified atom stereocenters. The smallest absolute Gasteiger partial charge is 0.378 e. The van der Waals surface area contributed by atoms with E-state index in [0.717, 1.165) is 18.7 Å². The topological polar surface area (TPSA) is 61.8 Å². The van der Waals surface area contributed by atoms with E-state index in [-0.39, 0.29) is 0 Å². The minimum Gasteiger partial charge on any atom is -0.497 e. The van der Waals surface area contributed by atoms with E-state index < -0.39 is 11.8 Å². The third kappa shape index (κ3) is 4.28. The number of carbonyl (C=O) groups excluding carboxylic acids is 2. The first-order valence-corrected chi connectivity index (χ1v) is 5.81. The predicted octanol–water partition coefficient (Wildman–Crippen LogP) is 2.02. The molecule has 1 rings (SSSR count). The summed E-state index contributed by atoms with van der Waals surface area (Å²) in [7, 11) is 4.30. The zero-order valence-corrected chi connectivity index (χ0v) is 11.6. The minimum atomic E-state index is -0.895. The highest BCUT2D eigenvalue weighted by atomic mass is 16.5. The van der Waals surface area contributed by atoms with Crippen molar-refractivity contribution in [3.63, 3.8) is 0 Å². The maximum atomic E-state index is 11.2. The molecule has 0 aliphatic rings. The Balaban J connectivity index is 2.82. The molecule has 0 aliphatic heterocycles. The number of methoxy groups -OCH3 is 3. The average Bonchev–Trinajstić information content (AvgIpc) is 2.50. The number of ether oxygens (including phenoxy) is 3. The van der Waals surface area contributed by atoms with Gasteiger partial charge in [-0.25, -0.2) is 4.79 Å². The van der Waals surface area contributed by atoms with Gasteiger partial charge in [-0.05, 0) is 24.3 Å². The van der Waals surface area contributed by atoms with Gasteiger partial charge in [-0.1, -0.05) is 18.2 Å². The summed E-state index contributed by atoms with van der Waals surface area (Å²) in [6.07, 6.45) is 5.95. The molecule has 0 saturated heterocycles. The van der Waals surface area contributed by atoms with Crippen LogP contribution >= 0.6 is 0 Å². The van der Waals surface area contributed by atoms with Crippen molar-refractivity contribution in [3.8, 4) is 11.5 Å². The number of benzene rings is 1. The summed E-state index contributed by atoms with van der Waals surface area (Å²) in [6, 6.07) is 5.36. The van der Waals surface area contributed by atoms with Crippen LogP contribution in [0.15, 0.2) is 36.4 Å². The molecule has 0 aromatic heterocycles. The molecule has 0 radical (unpaired) electrons. The van der Waals surface area contributed by atoms with E-state index in [0.29, 0.717) is 11.5 Å². The first kappa shape index (κ1) is 15.5. The summed E-state index contributed by atoms with van der Waals surface area (Å²) in [5, 5.41) is 0. The van der Waals surface area contributed by atoms with E-state index in [2.05, 4.69) is 4.74 Å². The summed E-state index contributed by atoms with van der Waals surface area (Å²) in [5.41, 5.74) is 0.794. The standard InChI is InChI=1S/C15H16O5/c1-18-12-8-9-14(19-2)11(10-12)6-4-5-7-13(16)15(17)20-3/h4-10H,1-3H3/b6-4+,7-5+. The van der Waals surface area contributed by atoms with Gasteiger partial charge in [-0.3, -0.25) is 4.79 Å². The molecular formula is C15H16O5. The highest BCUT2D eigenvalue weighted by Crippen LogP contribution is 2.24. The molecule has 0 fully saturated rings. The number of rotatable bonds is 6. The van der Waals surface area contributed by atoms with E-state index >= 15 is 0 Å². The van der Waals surface area contributed by atoms with Crippen LogP contribution in [0.5, 0.6) is 11.5 Å². The minimum absolute atomic E-state index is 0.676. The Labute approximate surface area is 117 Å². The van der Waals surface area contributed by atoms with Crippen LogP contribution in [-0.4, -0.2) is 33.1 Å². The normalized spacial score (nSPS) is 10.8. The Morgan fingerprint density at radius 1 is 1.05 bits per heavy atom. The third-order valence-corrected chi connectivity index (χ3v) is 2.46. The van der Waals surface area contributed by atoms with Gasteiger partial charge in [0.25, 0.3) is 5.78 Å². The Kier molecular flexibility index (Phi) is 6.03. The van der Waals surface area contributed by atoms with Gasteiger partial charge in [-0.2, -0.15) is 0 Å². The fraction of sp³-hybridized carbons (Fsp3) is 0.200. The second-order valence-electron chi connectivity index (χ2n) is 3.68. The summed E-state index contributed by atoms with van der Waals surface area (Å²) in [6.45, 7) is 0. The molecule has 0 heterocycles. The summed E-state index contributed by atoms with van der Waals surface area (Å²) in [4.78, 5) is 22.0. The van der Waals surface area contributed by atoms with Crippen molar-refractivity contribution in [2.45, 2.75) is 0 Å². The van der Waals surface area contributed by atoms with Gasteiger partial charge < -0.3 is 14.2 Å². The van der Waals surface area contributed by atoms with Crippen molar-refractivity contribution in [2.24, 2.45) is 0 Å². The molecule has 5 nitrogen and oxygen atoms in total. The van der Waals surface area contributed by atoms with E-state index in [1.165, 1.54) is 6.08 Å². The lowest BCUT2D eigenvalue weighted by atomic mass is 10.1. The second-order valence-corrected chi connectivity index (χ2v) is 3.68. The largest absolute Gasteiger partial charge is 0.497 e. The first-order valence-electron chi connectivity index (χ1n) is 5.81. The van der Waals surface area contributed by atoms with Gasteiger partial charge in [0.05, 0.1) is 21.3 Å². The summed E-state index contributed by atoms with van der Waals surface area (Å²) < 4.78 is 14.6. The number of carbonyl (C=O) groups is 2. The molecular weight excluding hydrogens is 260 g/mol. The molecule has 0 saturated carbocycles. The predicted molar refractivity (Wildman–Crippen MR) is 74.7 cm³/mol. The SMILES string of the molecule is COC(=O)C(=O)/C=C/C=C/c1cc(OC)ccc1OC. The molecule has 0 N–H and O–H groups in total. The fourth-order valence-electron chi connectivity index (χ4n) is 1.44. The monoisotopic (exact) mass is 276 g/mol. The van der Waals surface area contributed by atoms with Crippen LogP contribution in [-0.2, 0) is 14.3 Å². The lowest BCUT2D eigenvalue weighted by molar-refractivity contribution is -0.149. The van der Waals surface area contributed by atoms with Gasteiger partial charge in [0, 0.05) is 5.56 Å². The van der Waals surface area contributed by atoms with Crippen molar-refractivity contribution in [2.75, 3.05) is 21.3 Å². The fourth-order valence-corrected chi connectivity index (χ4v) is 1.44. The van der Waals surface area contributed by atoms with Crippen molar-refractivity contribution in [3.05, 3.63) is 42.0 Å². The lowest BCUT2D eigenvalue weighted by Gasteiger charge is -2.06. The average molecular weight is 276 g/mol. The van der Waals surface area contributed by atoms with E-state index in [9.17, 15) is 9.59 Å². The molecule has 1 aromatic carbocycles. The first-order chi connectivity index (χ1) is 9.62. The second kappa shape index (κ2) is 7.78. The van der Waals surface area contributed by atoms with Gasteiger partial charge >= 0.3 is 5.97 Å². The van der Waals surface area contributed by atoms with Crippen LogP contribution in [0, 0.1) is 0 Å². The molecule has 106 valence electrons. The van der Waals surface area contributed by atoms with Crippen molar-refractivity contribution < 1.29 is 23.8 Å². The maximum absolute atomic E-state index is 11.2. The molecule has 20 heavy (non-hydrogen) atoms. The highest BCUT2D eigenvalue weighted by molar-refractivity contribution is 6.38. The molecule has 1 aromatic rings. The van der Waals surface area contributed by atoms with Crippen LogP contribution in [0.1, 0.15) is 5.56 Å². The summed E-state index contributed by atoms with van der Waals surface area (Å²) >= 11 is 0. The van der Waals surface area contributed by atoms with Crippen LogP contribution < -0.4 is 9.47 Å².